The van der Waals surface area contributed by atoms with Gasteiger partial charge in [0.2, 0.25) is 5.91 Å². The van der Waals surface area contributed by atoms with Gasteiger partial charge in [-0.3, -0.25) is 19.7 Å². The quantitative estimate of drug-likeness (QED) is 0.799. The van der Waals surface area contributed by atoms with E-state index in [4.69, 9.17) is 0 Å². The van der Waals surface area contributed by atoms with Crippen molar-refractivity contribution in [3.05, 3.63) is 53.9 Å². The van der Waals surface area contributed by atoms with Crippen LogP contribution in [-0.2, 0) is 17.8 Å². The molecule has 6 nitrogen and oxygen atoms in total. The van der Waals surface area contributed by atoms with Gasteiger partial charge >= 0.3 is 0 Å². The summed E-state index contributed by atoms with van der Waals surface area (Å²) in [6.07, 6.45) is 10.5. The van der Waals surface area contributed by atoms with Crippen LogP contribution in [0.25, 0.3) is 0 Å². The van der Waals surface area contributed by atoms with Gasteiger partial charge in [0.05, 0.1) is 24.1 Å². The molecule has 4 heterocycles. The van der Waals surface area contributed by atoms with Gasteiger partial charge in [0, 0.05) is 56.0 Å². The Labute approximate surface area is 167 Å². The highest BCUT2D eigenvalue weighted by molar-refractivity contribution is 5.77. The lowest BCUT2D eigenvalue weighted by atomic mass is 9.73. The SMILES string of the molecule is Cc1cnc(CN2CC3(CCCN(CCc4ccccn4)C3)CCC2=O)cn1. The van der Waals surface area contributed by atoms with Crippen LogP contribution in [0.1, 0.15) is 42.8 Å². The zero-order valence-corrected chi connectivity index (χ0v) is 16.7. The van der Waals surface area contributed by atoms with Crippen LogP contribution in [0.5, 0.6) is 0 Å². The minimum absolute atomic E-state index is 0.217. The number of nitrogens with zero attached hydrogens (tertiary/aromatic N) is 5. The summed E-state index contributed by atoms with van der Waals surface area (Å²) in [4.78, 5) is 30.3. The molecular weight excluding hydrogens is 350 g/mol. The number of rotatable bonds is 5. The fraction of sp³-hybridized carbons (Fsp3) is 0.545. The number of likely N-dealkylation sites (tertiary alicyclic amines) is 2. The third-order valence-corrected chi connectivity index (χ3v) is 6.09. The number of aromatic nitrogens is 3. The molecule has 4 rings (SSSR count). The molecule has 0 radical (unpaired) electrons. The molecule has 1 atom stereocenters. The molecule has 6 heteroatoms. The Hall–Kier alpha value is -2.34. The van der Waals surface area contributed by atoms with Crippen LogP contribution in [0, 0.1) is 12.3 Å². The van der Waals surface area contributed by atoms with Gasteiger partial charge in [0.25, 0.3) is 0 Å². The second-order valence-corrected chi connectivity index (χ2v) is 8.35. The highest BCUT2D eigenvalue weighted by Crippen LogP contribution is 2.39. The van der Waals surface area contributed by atoms with Crippen molar-refractivity contribution < 1.29 is 4.79 Å². The molecule has 0 aromatic carbocycles. The van der Waals surface area contributed by atoms with E-state index in [1.165, 1.54) is 12.8 Å². The molecule has 2 aliphatic heterocycles. The first-order chi connectivity index (χ1) is 13.6. The first-order valence-electron chi connectivity index (χ1n) is 10.3. The lowest BCUT2D eigenvalue weighted by molar-refractivity contribution is -0.140. The van der Waals surface area contributed by atoms with Crippen LogP contribution >= 0.6 is 0 Å². The lowest BCUT2D eigenvalue weighted by Crippen LogP contribution is -2.54. The number of pyridine rings is 1. The molecule has 2 aromatic rings. The highest BCUT2D eigenvalue weighted by atomic mass is 16.2. The summed E-state index contributed by atoms with van der Waals surface area (Å²) in [6, 6.07) is 6.12. The van der Waals surface area contributed by atoms with Gasteiger partial charge in [-0.05, 0) is 44.9 Å². The van der Waals surface area contributed by atoms with Gasteiger partial charge in [0.1, 0.15) is 0 Å². The number of carbonyl (C=O) groups excluding carboxylic acids is 1. The molecule has 2 fully saturated rings. The maximum Gasteiger partial charge on any atom is 0.222 e. The second-order valence-electron chi connectivity index (χ2n) is 8.35. The molecule has 2 aliphatic rings. The molecule has 1 amide bonds. The summed E-state index contributed by atoms with van der Waals surface area (Å²) in [6.45, 7) is 6.59. The maximum absolute atomic E-state index is 12.5. The van der Waals surface area contributed by atoms with Crippen LogP contribution in [0.15, 0.2) is 36.8 Å². The fourth-order valence-electron chi connectivity index (χ4n) is 4.60. The summed E-state index contributed by atoms with van der Waals surface area (Å²) in [5, 5.41) is 0. The number of aryl methyl sites for hydroxylation is 1. The Morgan fingerprint density at radius 2 is 2.00 bits per heavy atom. The van der Waals surface area contributed by atoms with Crippen molar-refractivity contribution in [2.45, 2.75) is 45.6 Å². The van der Waals surface area contributed by atoms with E-state index < -0.39 is 0 Å². The number of hydrogen-bond acceptors (Lipinski definition) is 5. The molecule has 0 N–H and O–H groups in total. The van der Waals surface area contributed by atoms with E-state index in [1.807, 2.05) is 24.1 Å². The molecule has 148 valence electrons. The molecular formula is C22H29N5O. The smallest absolute Gasteiger partial charge is 0.222 e. The molecule has 28 heavy (non-hydrogen) atoms. The monoisotopic (exact) mass is 379 g/mol. The van der Waals surface area contributed by atoms with Gasteiger partial charge in [0.15, 0.2) is 0 Å². The molecule has 0 aliphatic carbocycles. The van der Waals surface area contributed by atoms with Crippen LogP contribution < -0.4 is 0 Å². The zero-order valence-electron chi connectivity index (χ0n) is 16.7. The minimum atomic E-state index is 0.217. The minimum Gasteiger partial charge on any atom is -0.336 e. The van der Waals surface area contributed by atoms with Crippen molar-refractivity contribution in [3.63, 3.8) is 0 Å². The number of amides is 1. The normalized spacial score (nSPS) is 23.3. The number of carbonyl (C=O) groups is 1. The van der Waals surface area contributed by atoms with E-state index in [-0.39, 0.29) is 11.3 Å². The van der Waals surface area contributed by atoms with Crippen molar-refractivity contribution in [2.75, 3.05) is 26.2 Å². The van der Waals surface area contributed by atoms with Gasteiger partial charge in [-0.25, -0.2) is 0 Å². The van der Waals surface area contributed by atoms with Crippen molar-refractivity contribution >= 4 is 5.91 Å². The summed E-state index contributed by atoms with van der Waals surface area (Å²) < 4.78 is 0. The van der Waals surface area contributed by atoms with Crippen molar-refractivity contribution in [2.24, 2.45) is 5.41 Å². The molecule has 2 saturated heterocycles. The van der Waals surface area contributed by atoms with E-state index in [1.54, 1.807) is 12.4 Å². The second kappa shape index (κ2) is 8.35. The maximum atomic E-state index is 12.5. The zero-order chi connectivity index (χ0) is 19.4. The Balaban J connectivity index is 1.38. The van der Waals surface area contributed by atoms with Crippen LogP contribution in [0.4, 0.5) is 0 Å². The van der Waals surface area contributed by atoms with Gasteiger partial charge in [-0.2, -0.15) is 0 Å². The van der Waals surface area contributed by atoms with Gasteiger partial charge < -0.3 is 9.80 Å². The topological polar surface area (TPSA) is 62.2 Å². The van der Waals surface area contributed by atoms with E-state index in [2.05, 4.69) is 32.0 Å². The van der Waals surface area contributed by atoms with Gasteiger partial charge in [-0.1, -0.05) is 6.07 Å². The third-order valence-electron chi connectivity index (χ3n) is 6.09. The van der Waals surface area contributed by atoms with Crippen molar-refractivity contribution in [1.82, 2.24) is 24.8 Å². The molecule has 1 spiro atoms. The summed E-state index contributed by atoms with van der Waals surface area (Å²) in [5.41, 5.74) is 3.15. The molecule has 1 unspecified atom stereocenters. The Morgan fingerprint density at radius 1 is 1.07 bits per heavy atom. The third kappa shape index (κ3) is 4.55. The van der Waals surface area contributed by atoms with Gasteiger partial charge in [-0.15, -0.1) is 0 Å². The van der Waals surface area contributed by atoms with Crippen LogP contribution in [0.3, 0.4) is 0 Å². The van der Waals surface area contributed by atoms with Crippen LogP contribution in [0.2, 0.25) is 0 Å². The van der Waals surface area contributed by atoms with Crippen molar-refractivity contribution in [3.8, 4) is 0 Å². The van der Waals surface area contributed by atoms with E-state index >= 15 is 0 Å². The van der Waals surface area contributed by atoms with E-state index in [0.29, 0.717) is 13.0 Å². The summed E-state index contributed by atoms with van der Waals surface area (Å²) in [7, 11) is 0. The average molecular weight is 380 g/mol. The molecule has 2 aromatic heterocycles. The summed E-state index contributed by atoms with van der Waals surface area (Å²) in [5.74, 6) is 0.249. The first kappa shape index (κ1) is 19.0. The predicted octanol–water partition coefficient (Wildman–Crippen LogP) is 2.63. The Morgan fingerprint density at radius 3 is 2.79 bits per heavy atom. The van der Waals surface area contributed by atoms with E-state index in [0.717, 1.165) is 56.1 Å². The first-order valence-corrected chi connectivity index (χ1v) is 10.3. The van der Waals surface area contributed by atoms with E-state index in [9.17, 15) is 4.79 Å². The highest BCUT2D eigenvalue weighted by Gasteiger charge is 2.41. The molecule has 0 saturated carbocycles. The predicted molar refractivity (Wildman–Crippen MR) is 107 cm³/mol. The average Bonchev–Trinajstić information content (AvgIpc) is 2.72. The van der Waals surface area contributed by atoms with Crippen LogP contribution in [-0.4, -0.2) is 56.8 Å². The number of piperidine rings is 2. The van der Waals surface area contributed by atoms with Crippen molar-refractivity contribution in [1.29, 1.82) is 0 Å². The standard InChI is InChI=1S/C22H29N5O/c1-18-13-25-20(14-24-18)15-27-17-22(9-6-21(27)28)8-4-11-26(16-22)12-7-19-5-2-3-10-23-19/h2-3,5,10,13-14H,4,6-9,11-12,15-17H2,1H3. The largest absolute Gasteiger partial charge is 0.336 e. The fourth-order valence-corrected chi connectivity index (χ4v) is 4.60. The lowest BCUT2D eigenvalue weighted by Gasteiger charge is -2.48. The number of hydrogen-bond donors (Lipinski definition) is 0. The molecule has 0 bridgehead atoms. The Bertz CT molecular complexity index is 794. The summed E-state index contributed by atoms with van der Waals surface area (Å²) >= 11 is 0. The Kier molecular flexibility index (Phi) is 5.67.